The van der Waals surface area contributed by atoms with Crippen molar-refractivity contribution in [1.29, 1.82) is 0 Å². The van der Waals surface area contributed by atoms with Crippen LogP contribution in [0.25, 0.3) is 0 Å². The van der Waals surface area contributed by atoms with Gasteiger partial charge < -0.3 is 43.3 Å². The first-order chi connectivity index (χ1) is 21.4. The van der Waals surface area contributed by atoms with Gasteiger partial charge in [0.1, 0.15) is 37.1 Å². The molecule has 2 heterocycles. The number of aliphatic hydroxyl groups is 1. The fraction of sp³-hybridized carbons (Fsp3) is 0.486. The Hall–Kier alpha value is -2.96. The van der Waals surface area contributed by atoms with Gasteiger partial charge in [-0.1, -0.05) is 81.4 Å². The quantitative estimate of drug-likeness (QED) is 0.282. The number of rotatable bonds is 11. The molecule has 3 aromatic rings. The van der Waals surface area contributed by atoms with Crippen LogP contribution in [-0.4, -0.2) is 78.7 Å². The normalized spacial score (nSPS) is 26.1. The van der Waals surface area contributed by atoms with E-state index in [1.807, 2.05) is 78.9 Å². The van der Waals surface area contributed by atoms with Crippen LogP contribution in [-0.2, 0) is 29.0 Å². The van der Waals surface area contributed by atoms with E-state index in [2.05, 4.69) is 26.1 Å². The Kier molecular flexibility index (Phi) is 9.95. The highest BCUT2D eigenvalue weighted by Gasteiger charge is 2.63. The second kappa shape index (κ2) is 13.4. The average Bonchev–Trinajstić information content (AvgIpc) is 3.05. The van der Waals surface area contributed by atoms with E-state index in [1.54, 1.807) is 28.1 Å². The van der Waals surface area contributed by atoms with Crippen LogP contribution in [0.5, 0.6) is 11.5 Å². The van der Waals surface area contributed by atoms with Crippen molar-refractivity contribution < 1.29 is 38.0 Å². The minimum absolute atomic E-state index is 0.0517. The zero-order valence-electron chi connectivity index (χ0n) is 27.4. The van der Waals surface area contributed by atoms with Gasteiger partial charge in [0, 0.05) is 32.5 Å². The van der Waals surface area contributed by atoms with Gasteiger partial charge in [0.25, 0.3) is 0 Å². The molecule has 1 fully saturated rings. The van der Waals surface area contributed by atoms with E-state index in [1.165, 1.54) is 0 Å². The average molecular weight is 638 g/mol. The van der Waals surface area contributed by atoms with Gasteiger partial charge in [-0.3, -0.25) is 0 Å². The van der Waals surface area contributed by atoms with Gasteiger partial charge in [0.05, 0.1) is 0 Å². The minimum Gasteiger partial charge on any atom is -0.486 e. The second-order valence-electron chi connectivity index (χ2n) is 13.0. The van der Waals surface area contributed by atoms with Crippen molar-refractivity contribution >= 4 is 15.5 Å². The number of benzene rings is 3. The van der Waals surface area contributed by atoms with Gasteiger partial charge >= 0.3 is 0 Å². The predicted octanol–water partition coefficient (Wildman–Crippen LogP) is 5.00. The molecule has 2 aliphatic rings. The highest BCUT2D eigenvalue weighted by molar-refractivity contribution is 6.32. The van der Waals surface area contributed by atoms with E-state index in [4.69, 9.17) is 32.8 Å². The first-order valence-corrected chi connectivity index (χ1v) is 16.8. The van der Waals surface area contributed by atoms with E-state index in [-0.39, 0.29) is 11.6 Å². The Morgan fingerprint density at radius 1 is 0.844 bits per heavy atom. The molecule has 5 atom stereocenters. The SMILES string of the molecule is CO[C@@]1(C)O[C@H]([C@H](O)CNc2ccc3c(c2)OCCO3)[C@H](C(O[SiH2]C(C)(C)C)(c2ccccc2)c2ccccc2)O[C@]1(C)OC. The zero-order valence-corrected chi connectivity index (χ0v) is 28.8. The molecule has 0 bridgehead atoms. The summed E-state index contributed by atoms with van der Waals surface area (Å²) < 4.78 is 44.4. The van der Waals surface area contributed by atoms with E-state index >= 15 is 0 Å². The standard InChI is InChI=1S/C35H47NO8Si/c1-32(2,3)45-44-35(24-14-10-8-11-15-24,25-16-12-9-13-17-25)31-30(42-33(4,38-6)34(5,39-7)43-31)27(37)23-36-26-18-19-28-29(22-26)41-21-20-40-28/h8-19,22,27,30-31,36-37H,20-21,23,45H2,1-7H3/t27-,30-,31-,33+,34+/m1/s1. The number of ether oxygens (including phenoxy) is 6. The smallest absolute Gasteiger partial charge is 0.220 e. The maximum Gasteiger partial charge on any atom is 0.220 e. The monoisotopic (exact) mass is 637 g/mol. The zero-order chi connectivity index (χ0) is 32.3. The Bertz CT molecular complexity index is 1360. The number of methoxy groups -OCH3 is 2. The fourth-order valence-electron chi connectivity index (χ4n) is 5.84. The third kappa shape index (κ3) is 6.78. The summed E-state index contributed by atoms with van der Waals surface area (Å²) in [5, 5.41) is 15.3. The Labute approximate surface area is 269 Å². The molecule has 45 heavy (non-hydrogen) atoms. The van der Waals surface area contributed by atoms with Gasteiger partial charge in [-0.15, -0.1) is 0 Å². The Morgan fingerprint density at radius 3 is 1.96 bits per heavy atom. The molecule has 9 nitrogen and oxygen atoms in total. The number of anilines is 1. The van der Waals surface area contributed by atoms with Gasteiger partial charge in [-0.25, -0.2) is 0 Å². The molecule has 0 saturated carbocycles. The van der Waals surface area contributed by atoms with Crippen LogP contribution in [0.15, 0.2) is 78.9 Å². The molecular weight excluding hydrogens is 590 g/mol. The van der Waals surface area contributed by atoms with Gasteiger partial charge in [-0.2, -0.15) is 0 Å². The largest absolute Gasteiger partial charge is 0.486 e. The topological polar surface area (TPSA) is 96.9 Å². The lowest BCUT2D eigenvalue weighted by Gasteiger charge is -2.57. The molecule has 0 spiro atoms. The summed E-state index contributed by atoms with van der Waals surface area (Å²) in [4.78, 5) is 0. The molecule has 0 aromatic heterocycles. The first-order valence-electron chi connectivity index (χ1n) is 15.5. The number of hydrogen-bond acceptors (Lipinski definition) is 9. The van der Waals surface area contributed by atoms with Crippen LogP contribution in [0.3, 0.4) is 0 Å². The molecule has 1 saturated heterocycles. The molecule has 5 rings (SSSR count). The molecule has 0 aliphatic carbocycles. The summed E-state index contributed by atoms with van der Waals surface area (Å²) in [6, 6.07) is 25.7. The summed E-state index contributed by atoms with van der Waals surface area (Å²) in [7, 11) is 1.91. The van der Waals surface area contributed by atoms with Crippen molar-refractivity contribution in [1.82, 2.24) is 0 Å². The summed E-state index contributed by atoms with van der Waals surface area (Å²) in [6.07, 6.45) is -2.84. The predicted molar refractivity (Wildman–Crippen MR) is 176 cm³/mol. The summed E-state index contributed by atoms with van der Waals surface area (Å²) >= 11 is 0. The lowest BCUT2D eigenvalue weighted by molar-refractivity contribution is -0.463. The number of hydrogen-bond donors (Lipinski definition) is 2. The Morgan fingerprint density at radius 2 is 1.40 bits per heavy atom. The van der Waals surface area contributed by atoms with Crippen LogP contribution in [0.2, 0.25) is 5.04 Å². The van der Waals surface area contributed by atoms with Crippen molar-refractivity contribution in [3.8, 4) is 11.5 Å². The third-order valence-electron chi connectivity index (χ3n) is 8.59. The van der Waals surface area contributed by atoms with Crippen LogP contribution in [0, 0.1) is 0 Å². The van der Waals surface area contributed by atoms with Gasteiger partial charge in [0.2, 0.25) is 11.6 Å². The molecule has 3 aromatic carbocycles. The van der Waals surface area contributed by atoms with Crippen molar-refractivity contribution in [2.75, 3.05) is 39.3 Å². The highest BCUT2D eigenvalue weighted by atomic mass is 28.2. The number of aliphatic hydroxyl groups excluding tert-OH is 1. The lowest BCUT2D eigenvalue weighted by atomic mass is 9.77. The van der Waals surface area contributed by atoms with E-state index < -0.39 is 45.3 Å². The van der Waals surface area contributed by atoms with E-state index in [0.29, 0.717) is 24.7 Å². The molecule has 0 radical (unpaired) electrons. The van der Waals surface area contributed by atoms with Gasteiger partial charge in [0.15, 0.2) is 21.3 Å². The Balaban J connectivity index is 1.61. The number of nitrogens with one attached hydrogen (secondary N) is 1. The van der Waals surface area contributed by atoms with Crippen LogP contribution in [0.4, 0.5) is 5.69 Å². The molecule has 0 amide bonds. The van der Waals surface area contributed by atoms with Crippen molar-refractivity contribution in [3.63, 3.8) is 0 Å². The van der Waals surface area contributed by atoms with Gasteiger partial charge in [-0.05, 0) is 42.1 Å². The van der Waals surface area contributed by atoms with Crippen molar-refractivity contribution in [2.24, 2.45) is 0 Å². The molecule has 244 valence electrons. The second-order valence-corrected chi connectivity index (χ2v) is 15.7. The maximum absolute atomic E-state index is 12.0. The van der Waals surface area contributed by atoms with E-state index in [0.717, 1.165) is 16.8 Å². The maximum atomic E-state index is 12.0. The fourth-order valence-corrected chi connectivity index (χ4v) is 7.00. The number of fused-ring (bicyclic) bond motifs is 1. The van der Waals surface area contributed by atoms with Crippen LogP contribution < -0.4 is 14.8 Å². The molecule has 2 aliphatic heterocycles. The summed E-state index contributed by atoms with van der Waals surface area (Å²) in [6.45, 7) is 11.3. The molecular formula is C35H47NO8Si. The van der Waals surface area contributed by atoms with Crippen LogP contribution >= 0.6 is 0 Å². The lowest BCUT2D eigenvalue weighted by Crippen LogP contribution is -2.71. The summed E-state index contributed by atoms with van der Waals surface area (Å²) in [5.41, 5.74) is 1.40. The van der Waals surface area contributed by atoms with Crippen molar-refractivity contribution in [2.45, 2.75) is 75.1 Å². The minimum atomic E-state index is -1.36. The summed E-state index contributed by atoms with van der Waals surface area (Å²) in [5.74, 6) is -1.36. The van der Waals surface area contributed by atoms with E-state index in [9.17, 15) is 5.11 Å². The highest BCUT2D eigenvalue weighted by Crippen LogP contribution is 2.50. The molecule has 0 unspecified atom stereocenters. The third-order valence-corrected chi connectivity index (χ3v) is 10.1. The molecule has 10 heteroatoms. The van der Waals surface area contributed by atoms with Crippen molar-refractivity contribution in [3.05, 3.63) is 90.0 Å². The first kappa shape index (κ1) is 33.4. The molecule has 2 N–H and O–H groups in total. The van der Waals surface area contributed by atoms with Crippen LogP contribution in [0.1, 0.15) is 45.7 Å².